The van der Waals surface area contributed by atoms with E-state index in [1.165, 1.54) is 37.1 Å². The van der Waals surface area contributed by atoms with Gasteiger partial charge in [0, 0.05) is 23.5 Å². The number of carbonyl (C=O) groups is 1. The second-order valence-corrected chi connectivity index (χ2v) is 8.85. The molecule has 0 aliphatic heterocycles. The summed E-state index contributed by atoms with van der Waals surface area (Å²) in [4.78, 5) is 16.5. The maximum absolute atomic E-state index is 13.5. The lowest BCUT2D eigenvalue weighted by molar-refractivity contribution is -0.141. The third-order valence-corrected chi connectivity index (χ3v) is 6.07. The molecular weight excluding hydrogens is 483 g/mol. The molecule has 8 nitrogen and oxygen atoms in total. The maximum atomic E-state index is 13.5. The van der Waals surface area contributed by atoms with Crippen molar-refractivity contribution in [1.82, 2.24) is 25.3 Å². The summed E-state index contributed by atoms with van der Waals surface area (Å²) in [5.41, 5.74) is 1.09. The van der Waals surface area contributed by atoms with Crippen molar-refractivity contribution < 1.29 is 18.0 Å². The van der Waals surface area contributed by atoms with Crippen LogP contribution >= 0.6 is 0 Å². The highest BCUT2D eigenvalue weighted by molar-refractivity contribution is 6.03. The topological polar surface area (TPSA) is 92.0 Å². The van der Waals surface area contributed by atoms with Gasteiger partial charge in [-0.25, -0.2) is 9.53 Å². The van der Waals surface area contributed by atoms with E-state index in [1.54, 1.807) is 30.6 Å². The van der Waals surface area contributed by atoms with Gasteiger partial charge in [-0.1, -0.05) is 24.3 Å². The molecule has 2 heterocycles. The van der Waals surface area contributed by atoms with E-state index in [0.717, 1.165) is 22.4 Å². The molecule has 37 heavy (non-hydrogen) atoms. The Morgan fingerprint density at radius 1 is 1.16 bits per heavy atom. The summed E-state index contributed by atoms with van der Waals surface area (Å²) in [5.74, 6) is -0.124. The first-order valence-corrected chi connectivity index (χ1v) is 11.6. The molecule has 11 heteroatoms. The normalized spacial score (nSPS) is 14.2. The average molecular weight is 506 g/mol. The van der Waals surface area contributed by atoms with Crippen molar-refractivity contribution in [2.75, 3.05) is 11.9 Å². The molecule has 2 aromatic heterocycles. The zero-order chi connectivity index (χ0) is 26.0. The van der Waals surface area contributed by atoms with Gasteiger partial charge in [0.25, 0.3) is 5.91 Å². The minimum absolute atomic E-state index is 0.171. The van der Waals surface area contributed by atoms with Crippen LogP contribution in [-0.4, -0.2) is 32.4 Å². The fourth-order valence-corrected chi connectivity index (χ4v) is 4.02. The van der Waals surface area contributed by atoms with E-state index in [0.29, 0.717) is 17.7 Å². The number of amides is 1. The molecular formula is C26H22F3N7O. The molecule has 0 radical (unpaired) electrons. The summed E-state index contributed by atoms with van der Waals surface area (Å²) in [6.07, 6.45) is 1.15. The van der Waals surface area contributed by atoms with Crippen molar-refractivity contribution in [2.24, 2.45) is 5.92 Å². The quantitative estimate of drug-likeness (QED) is 0.276. The van der Waals surface area contributed by atoms with Gasteiger partial charge < -0.3 is 10.6 Å². The summed E-state index contributed by atoms with van der Waals surface area (Å²) < 4.78 is 41.3. The average Bonchev–Trinajstić information content (AvgIpc) is 3.35. The fraction of sp³-hybridized carbons (Fsp3) is 0.231. The number of nitrogens with one attached hydrogen (secondary N) is 3. The monoisotopic (exact) mass is 505 g/mol. The summed E-state index contributed by atoms with van der Waals surface area (Å²) in [7, 11) is 0. The summed E-state index contributed by atoms with van der Waals surface area (Å²) in [5, 5.41) is 16.7. The molecule has 1 atom stereocenters. The number of benzene rings is 2. The lowest BCUT2D eigenvalue weighted by Gasteiger charge is -2.19. The first-order chi connectivity index (χ1) is 17.8. The standard InChI is InChI=1S/C26H22F3N7O/c1-30-19-5-3-7-21(11-19)36-22(12-23(35-36)26(27,28)29)25(37)34-20-6-2-4-17(10-20)24(18-14-32-33-15-18)31-13-16-8-9-16/h2-7,10-12,14-16,24,31H,8-9,13H2,(H,32,33)(H,34,37). The Balaban J connectivity index is 1.44. The Kier molecular flexibility index (Phi) is 6.50. The van der Waals surface area contributed by atoms with Crippen molar-refractivity contribution >= 4 is 17.3 Å². The number of nitrogens with zero attached hydrogens (tertiary/aromatic N) is 4. The van der Waals surface area contributed by atoms with Crippen LogP contribution in [0.3, 0.4) is 0 Å². The van der Waals surface area contributed by atoms with Crippen LogP contribution in [0.4, 0.5) is 24.5 Å². The number of anilines is 1. The van der Waals surface area contributed by atoms with Crippen molar-refractivity contribution in [2.45, 2.75) is 25.1 Å². The minimum atomic E-state index is -4.75. The lowest BCUT2D eigenvalue weighted by atomic mass is 10.0. The Morgan fingerprint density at radius 3 is 2.68 bits per heavy atom. The van der Waals surface area contributed by atoms with Gasteiger partial charge in [0.1, 0.15) is 5.69 Å². The molecule has 0 spiro atoms. The van der Waals surface area contributed by atoms with Crippen LogP contribution in [0.25, 0.3) is 10.5 Å². The van der Waals surface area contributed by atoms with Gasteiger partial charge in [-0.05, 0) is 55.1 Å². The first-order valence-electron chi connectivity index (χ1n) is 11.6. The molecule has 0 saturated heterocycles. The maximum Gasteiger partial charge on any atom is 0.435 e. The highest BCUT2D eigenvalue weighted by Gasteiger charge is 2.36. The second-order valence-electron chi connectivity index (χ2n) is 8.85. The van der Waals surface area contributed by atoms with Crippen LogP contribution in [0.15, 0.2) is 67.0 Å². The van der Waals surface area contributed by atoms with Crippen molar-refractivity contribution in [3.05, 3.63) is 101 Å². The molecule has 3 N–H and O–H groups in total. The molecule has 1 aliphatic rings. The van der Waals surface area contributed by atoms with Crippen molar-refractivity contribution in [3.63, 3.8) is 0 Å². The largest absolute Gasteiger partial charge is 0.435 e. The molecule has 188 valence electrons. The van der Waals surface area contributed by atoms with E-state index >= 15 is 0 Å². The SMILES string of the molecule is [C-]#[N+]c1cccc(-n2nc(C(F)(F)F)cc2C(=O)Nc2cccc(C(NCC3CC3)c3cn[nH]c3)c2)c1. The third-order valence-electron chi connectivity index (χ3n) is 6.07. The van der Waals surface area contributed by atoms with Crippen molar-refractivity contribution in [3.8, 4) is 5.69 Å². The Hall–Kier alpha value is -4.43. The molecule has 1 saturated carbocycles. The Morgan fingerprint density at radius 2 is 1.97 bits per heavy atom. The molecule has 4 aromatic rings. The minimum Gasteiger partial charge on any atom is -0.321 e. The molecule has 1 unspecified atom stereocenters. The van der Waals surface area contributed by atoms with Crippen LogP contribution in [-0.2, 0) is 6.18 Å². The zero-order valence-electron chi connectivity index (χ0n) is 19.5. The number of rotatable bonds is 8. The molecule has 0 bridgehead atoms. The predicted octanol–water partition coefficient (Wildman–Crippen LogP) is 5.51. The summed E-state index contributed by atoms with van der Waals surface area (Å²) in [6.45, 7) is 8.02. The van der Waals surface area contributed by atoms with Crippen LogP contribution in [0.1, 0.15) is 46.2 Å². The second kappa shape index (κ2) is 9.91. The summed E-state index contributed by atoms with van der Waals surface area (Å²) >= 11 is 0. The molecule has 1 aliphatic carbocycles. The van der Waals surface area contributed by atoms with E-state index in [2.05, 4.69) is 30.8 Å². The number of halogens is 3. The van der Waals surface area contributed by atoms with Crippen LogP contribution < -0.4 is 10.6 Å². The van der Waals surface area contributed by atoms with Crippen molar-refractivity contribution in [1.29, 1.82) is 0 Å². The number of H-pyrrole nitrogens is 1. The molecule has 5 rings (SSSR count). The lowest BCUT2D eigenvalue weighted by Crippen LogP contribution is -2.24. The van der Waals surface area contributed by atoms with E-state index in [9.17, 15) is 18.0 Å². The van der Waals surface area contributed by atoms with E-state index < -0.39 is 17.8 Å². The fourth-order valence-electron chi connectivity index (χ4n) is 4.02. The summed E-state index contributed by atoms with van der Waals surface area (Å²) in [6, 6.07) is 13.6. The van der Waals surface area contributed by atoms with Crippen LogP contribution in [0, 0.1) is 12.5 Å². The van der Waals surface area contributed by atoms with Gasteiger partial charge in [-0.2, -0.15) is 23.4 Å². The highest BCUT2D eigenvalue weighted by Crippen LogP contribution is 2.32. The van der Waals surface area contributed by atoms with Gasteiger partial charge in [-0.15, -0.1) is 0 Å². The third kappa shape index (κ3) is 5.54. The number of aromatic nitrogens is 4. The molecule has 1 fully saturated rings. The molecule has 1 amide bonds. The first kappa shape index (κ1) is 24.3. The van der Waals surface area contributed by atoms with Gasteiger partial charge in [-0.3, -0.25) is 9.89 Å². The zero-order valence-corrected chi connectivity index (χ0v) is 19.5. The Bertz CT molecular complexity index is 1450. The number of carbonyl (C=O) groups excluding carboxylic acids is 1. The van der Waals surface area contributed by atoms with Gasteiger partial charge in [0.15, 0.2) is 11.4 Å². The number of aromatic amines is 1. The van der Waals surface area contributed by atoms with E-state index in [1.807, 2.05) is 6.07 Å². The Labute approximate surface area is 210 Å². The van der Waals surface area contributed by atoms with Crippen LogP contribution in [0.5, 0.6) is 0 Å². The van der Waals surface area contributed by atoms with E-state index in [-0.39, 0.29) is 23.1 Å². The van der Waals surface area contributed by atoms with Gasteiger partial charge in [0.05, 0.1) is 24.5 Å². The predicted molar refractivity (Wildman–Crippen MR) is 130 cm³/mol. The number of hydrogen-bond acceptors (Lipinski definition) is 4. The van der Waals surface area contributed by atoms with Crippen LogP contribution in [0.2, 0.25) is 0 Å². The van der Waals surface area contributed by atoms with E-state index in [4.69, 9.17) is 6.57 Å². The number of alkyl halides is 3. The highest BCUT2D eigenvalue weighted by atomic mass is 19.4. The number of hydrogen-bond donors (Lipinski definition) is 3. The smallest absolute Gasteiger partial charge is 0.321 e. The van der Waals surface area contributed by atoms with Gasteiger partial charge >= 0.3 is 6.18 Å². The van der Waals surface area contributed by atoms with Gasteiger partial charge in [0.2, 0.25) is 0 Å². The molecule has 2 aromatic carbocycles.